The highest BCUT2D eigenvalue weighted by molar-refractivity contribution is 5.98. The minimum atomic E-state index is -0.640. The molecule has 0 bridgehead atoms. The van der Waals surface area contributed by atoms with Gasteiger partial charge in [0.2, 0.25) is 5.91 Å². The van der Waals surface area contributed by atoms with E-state index in [1.165, 1.54) is 0 Å². The summed E-state index contributed by atoms with van der Waals surface area (Å²) in [7, 11) is 3.11. The van der Waals surface area contributed by atoms with Crippen molar-refractivity contribution in [2.75, 3.05) is 14.2 Å². The van der Waals surface area contributed by atoms with Crippen LogP contribution in [0.5, 0.6) is 11.5 Å². The molecule has 1 amide bonds. The normalized spacial score (nSPS) is 18.9. The van der Waals surface area contributed by atoms with Crippen molar-refractivity contribution in [1.82, 2.24) is 5.32 Å². The van der Waals surface area contributed by atoms with Gasteiger partial charge in [0.1, 0.15) is 6.04 Å². The molecular formula is C31H43N3O4. The van der Waals surface area contributed by atoms with Crippen molar-refractivity contribution in [3.05, 3.63) is 59.7 Å². The Hall–Kier alpha value is -3.35. The number of benzene rings is 2. The first-order valence-corrected chi connectivity index (χ1v) is 13.5. The fourth-order valence-corrected chi connectivity index (χ4v) is 5.29. The number of ketones is 1. The number of aliphatic imine (C=N–C) groups is 1. The summed E-state index contributed by atoms with van der Waals surface area (Å²) in [6.45, 7) is 6.90. The quantitative estimate of drug-likeness (QED) is 0.334. The van der Waals surface area contributed by atoms with Gasteiger partial charge >= 0.3 is 0 Å². The summed E-state index contributed by atoms with van der Waals surface area (Å²) in [6, 6.07) is 14.5. The molecule has 1 aliphatic carbocycles. The van der Waals surface area contributed by atoms with Crippen LogP contribution in [0.2, 0.25) is 0 Å². The summed E-state index contributed by atoms with van der Waals surface area (Å²) >= 11 is 0. The highest BCUT2D eigenvalue weighted by atomic mass is 16.5. The lowest BCUT2D eigenvalue weighted by atomic mass is 9.69. The molecule has 38 heavy (non-hydrogen) atoms. The summed E-state index contributed by atoms with van der Waals surface area (Å²) in [5, 5.41) is 2.66. The number of nitrogens with zero attached hydrogens (tertiary/aromatic N) is 1. The monoisotopic (exact) mass is 521 g/mol. The fourth-order valence-electron chi connectivity index (χ4n) is 5.29. The van der Waals surface area contributed by atoms with E-state index in [-0.39, 0.29) is 24.1 Å². The van der Waals surface area contributed by atoms with Crippen LogP contribution < -0.4 is 20.5 Å². The van der Waals surface area contributed by atoms with Gasteiger partial charge in [0, 0.05) is 12.8 Å². The molecule has 0 aliphatic heterocycles. The van der Waals surface area contributed by atoms with Gasteiger partial charge < -0.3 is 15.2 Å². The molecule has 1 fully saturated rings. The lowest BCUT2D eigenvalue weighted by Gasteiger charge is -2.37. The maximum absolute atomic E-state index is 13.4. The van der Waals surface area contributed by atoms with Gasteiger partial charge in [-0.25, -0.2) is 4.99 Å². The summed E-state index contributed by atoms with van der Waals surface area (Å²) in [6.07, 6.45) is 5.46. The number of amides is 1. The molecule has 1 atom stereocenters. The van der Waals surface area contributed by atoms with Crippen LogP contribution >= 0.6 is 0 Å². The number of Topliss-reactive ketones (excluding diaryl/α,β-unsaturated/α-hetero) is 1. The summed E-state index contributed by atoms with van der Waals surface area (Å²) in [5.74, 6) is 1.92. The maximum atomic E-state index is 13.4. The number of hydrogen-bond donors (Lipinski definition) is 2. The van der Waals surface area contributed by atoms with Gasteiger partial charge in [0.05, 0.1) is 20.6 Å². The number of carbonyl (C=O) groups excluding carboxylic acids is 2. The second-order valence-electron chi connectivity index (χ2n) is 11.4. The second-order valence-corrected chi connectivity index (χ2v) is 11.4. The smallest absolute Gasteiger partial charge is 0.231 e. The fraction of sp³-hybridized carbons (Fsp3) is 0.516. The average Bonchev–Trinajstić information content (AvgIpc) is 2.88. The predicted molar refractivity (Wildman–Crippen MR) is 151 cm³/mol. The SMILES string of the molecule is COc1ccc(CC(=O)NC(N)=N[C@H](Cc2ccccc2)C(=O)CC2CCC(C(C)(C)C)CC2)cc1OC. The molecule has 0 saturated heterocycles. The van der Waals surface area contributed by atoms with Crippen molar-refractivity contribution >= 4 is 17.6 Å². The molecule has 2 aromatic carbocycles. The van der Waals surface area contributed by atoms with E-state index in [1.807, 2.05) is 30.3 Å². The molecule has 0 radical (unpaired) electrons. The van der Waals surface area contributed by atoms with Gasteiger partial charge in [-0.1, -0.05) is 57.2 Å². The van der Waals surface area contributed by atoms with E-state index in [9.17, 15) is 9.59 Å². The Morgan fingerprint density at radius 3 is 2.24 bits per heavy atom. The van der Waals surface area contributed by atoms with Crippen molar-refractivity contribution in [2.45, 2.75) is 71.8 Å². The highest BCUT2D eigenvalue weighted by Crippen LogP contribution is 2.40. The molecular weight excluding hydrogens is 478 g/mol. The number of carbonyl (C=O) groups is 2. The van der Waals surface area contributed by atoms with Crippen LogP contribution in [0.4, 0.5) is 0 Å². The van der Waals surface area contributed by atoms with Crippen LogP contribution in [-0.4, -0.2) is 37.9 Å². The molecule has 0 heterocycles. The standard InChI is InChI=1S/C31H43N3O4/c1-31(2,3)24-14-11-22(12-15-24)18-26(35)25(17-21-9-7-6-8-10-21)33-30(32)34-29(36)20-23-13-16-27(37-4)28(19-23)38-5/h6-10,13,16,19,22,24-25H,11-12,14-15,17-18,20H2,1-5H3,(H3,32,33,34,36)/t22?,24?,25-/m1/s1. The number of methoxy groups -OCH3 is 2. The lowest BCUT2D eigenvalue weighted by Crippen LogP contribution is -2.40. The topological polar surface area (TPSA) is 103 Å². The molecule has 7 heteroatoms. The van der Waals surface area contributed by atoms with Crippen LogP contribution in [-0.2, 0) is 22.4 Å². The number of hydrogen-bond acceptors (Lipinski definition) is 5. The van der Waals surface area contributed by atoms with Crippen molar-refractivity contribution in [3.63, 3.8) is 0 Å². The predicted octanol–water partition coefficient (Wildman–Crippen LogP) is 5.10. The average molecular weight is 522 g/mol. The van der Waals surface area contributed by atoms with E-state index in [1.54, 1.807) is 32.4 Å². The maximum Gasteiger partial charge on any atom is 0.231 e. The molecule has 1 saturated carbocycles. The Labute approximate surface area is 227 Å². The summed E-state index contributed by atoms with van der Waals surface area (Å²) in [5.41, 5.74) is 8.20. The molecule has 0 unspecified atom stereocenters. The first-order chi connectivity index (χ1) is 18.1. The Morgan fingerprint density at radius 2 is 1.63 bits per heavy atom. The first-order valence-electron chi connectivity index (χ1n) is 13.5. The van der Waals surface area contributed by atoms with Crippen molar-refractivity contribution in [1.29, 1.82) is 0 Å². The number of nitrogens with two attached hydrogens (primary N) is 1. The number of nitrogens with one attached hydrogen (secondary N) is 1. The Kier molecular flexibility index (Phi) is 10.3. The van der Waals surface area contributed by atoms with E-state index in [4.69, 9.17) is 15.2 Å². The Bertz CT molecular complexity index is 1100. The van der Waals surface area contributed by atoms with E-state index in [0.29, 0.717) is 41.6 Å². The van der Waals surface area contributed by atoms with Gasteiger partial charge in [-0.3, -0.25) is 14.9 Å². The Morgan fingerprint density at radius 1 is 0.974 bits per heavy atom. The minimum Gasteiger partial charge on any atom is -0.493 e. The Balaban J connectivity index is 1.66. The molecule has 3 N–H and O–H groups in total. The van der Waals surface area contributed by atoms with Crippen LogP contribution in [0.1, 0.15) is 64.0 Å². The number of guanidine groups is 1. The van der Waals surface area contributed by atoms with E-state index in [2.05, 4.69) is 31.1 Å². The lowest BCUT2D eigenvalue weighted by molar-refractivity contribution is -0.122. The third kappa shape index (κ3) is 8.61. The van der Waals surface area contributed by atoms with E-state index in [0.717, 1.165) is 36.8 Å². The summed E-state index contributed by atoms with van der Waals surface area (Å²) < 4.78 is 10.6. The molecule has 7 nitrogen and oxygen atoms in total. The molecule has 0 spiro atoms. The minimum absolute atomic E-state index is 0.0406. The number of ether oxygens (including phenoxy) is 2. The van der Waals surface area contributed by atoms with E-state index >= 15 is 0 Å². The van der Waals surface area contributed by atoms with Gasteiger partial charge in [-0.05, 0) is 66.2 Å². The molecule has 2 aromatic rings. The zero-order chi connectivity index (χ0) is 27.7. The van der Waals surface area contributed by atoms with Crippen molar-refractivity contribution in [2.24, 2.45) is 28.0 Å². The van der Waals surface area contributed by atoms with Gasteiger partial charge in [0.25, 0.3) is 0 Å². The third-order valence-corrected chi connectivity index (χ3v) is 7.58. The van der Waals surface area contributed by atoms with E-state index < -0.39 is 6.04 Å². The van der Waals surface area contributed by atoms with Crippen LogP contribution in [0.25, 0.3) is 0 Å². The third-order valence-electron chi connectivity index (χ3n) is 7.58. The van der Waals surface area contributed by atoms with Crippen LogP contribution in [0.15, 0.2) is 53.5 Å². The van der Waals surface area contributed by atoms with Gasteiger partial charge in [-0.2, -0.15) is 0 Å². The van der Waals surface area contributed by atoms with Gasteiger partial charge in [-0.15, -0.1) is 0 Å². The van der Waals surface area contributed by atoms with Crippen LogP contribution in [0, 0.1) is 17.3 Å². The van der Waals surface area contributed by atoms with Crippen molar-refractivity contribution < 1.29 is 19.1 Å². The first kappa shape index (κ1) is 29.2. The second kappa shape index (κ2) is 13.4. The molecule has 3 rings (SSSR count). The largest absolute Gasteiger partial charge is 0.493 e. The summed E-state index contributed by atoms with van der Waals surface area (Å²) in [4.78, 5) is 30.6. The molecule has 206 valence electrons. The van der Waals surface area contributed by atoms with Crippen molar-refractivity contribution in [3.8, 4) is 11.5 Å². The zero-order valence-corrected chi connectivity index (χ0v) is 23.5. The molecule has 1 aliphatic rings. The van der Waals surface area contributed by atoms with Gasteiger partial charge in [0.15, 0.2) is 23.2 Å². The highest BCUT2D eigenvalue weighted by Gasteiger charge is 2.31. The van der Waals surface area contributed by atoms with Crippen LogP contribution in [0.3, 0.4) is 0 Å². The number of rotatable bonds is 10. The molecule has 0 aromatic heterocycles. The zero-order valence-electron chi connectivity index (χ0n) is 23.5.